The summed E-state index contributed by atoms with van der Waals surface area (Å²) < 4.78 is 24.3. The summed E-state index contributed by atoms with van der Waals surface area (Å²) in [5.41, 5.74) is 1.47. The van der Waals surface area contributed by atoms with Crippen molar-refractivity contribution in [3.05, 3.63) is 70.3 Å². The van der Waals surface area contributed by atoms with Crippen molar-refractivity contribution in [2.24, 2.45) is 0 Å². The Morgan fingerprint density at radius 2 is 1.85 bits per heavy atom. The van der Waals surface area contributed by atoms with Crippen LogP contribution in [-0.4, -0.2) is 32.6 Å². The molecule has 0 bridgehead atoms. The summed E-state index contributed by atoms with van der Waals surface area (Å²) in [5, 5.41) is 13.2. The predicted octanol–water partition coefficient (Wildman–Crippen LogP) is 2.64. The number of benzene rings is 2. The van der Waals surface area contributed by atoms with Gasteiger partial charge in [-0.3, -0.25) is 19.2 Å². The van der Waals surface area contributed by atoms with Crippen molar-refractivity contribution < 1.29 is 18.1 Å². The second-order valence-electron chi connectivity index (χ2n) is 5.45. The standard InChI is InChI=1S/C17H17N3O5S/c1-19(26(2,24)25)16-5-3-4-14(12-16)18-17(21)11-8-13-6-9-15(10-7-13)20(22)23/h3-12H,1-2H3,(H,18,21)/b11-8+. The molecule has 2 aromatic rings. The largest absolute Gasteiger partial charge is 0.322 e. The van der Waals surface area contributed by atoms with Gasteiger partial charge in [-0.15, -0.1) is 0 Å². The number of sulfonamides is 1. The molecule has 1 amide bonds. The van der Waals surface area contributed by atoms with Gasteiger partial charge in [-0.2, -0.15) is 0 Å². The van der Waals surface area contributed by atoms with E-state index in [1.54, 1.807) is 24.3 Å². The molecule has 0 radical (unpaired) electrons. The van der Waals surface area contributed by atoms with E-state index in [1.807, 2.05) is 0 Å². The maximum atomic E-state index is 12.0. The van der Waals surface area contributed by atoms with Gasteiger partial charge in [0, 0.05) is 30.9 Å². The smallest absolute Gasteiger partial charge is 0.269 e. The van der Waals surface area contributed by atoms with Crippen LogP contribution in [0.3, 0.4) is 0 Å². The van der Waals surface area contributed by atoms with Crippen molar-refractivity contribution in [2.45, 2.75) is 0 Å². The van der Waals surface area contributed by atoms with E-state index in [2.05, 4.69) is 5.32 Å². The fourth-order valence-corrected chi connectivity index (χ4v) is 2.53. The quantitative estimate of drug-likeness (QED) is 0.474. The zero-order valence-electron chi connectivity index (χ0n) is 14.1. The van der Waals surface area contributed by atoms with Crippen LogP contribution >= 0.6 is 0 Å². The molecule has 1 N–H and O–H groups in total. The van der Waals surface area contributed by atoms with Gasteiger partial charge in [0.15, 0.2) is 0 Å². The molecule has 2 aromatic carbocycles. The highest BCUT2D eigenvalue weighted by Crippen LogP contribution is 2.20. The molecular weight excluding hydrogens is 358 g/mol. The van der Waals surface area contributed by atoms with E-state index in [4.69, 9.17) is 0 Å². The summed E-state index contributed by atoms with van der Waals surface area (Å²) >= 11 is 0. The maximum Gasteiger partial charge on any atom is 0.269 e. The third kappa shape index (κ3) is 5.15. The van der Waals surface area contributed by atoms with Crippen molar-refractivity contribution in [3.63, 3.8) is 0 Å². The van der Waals surface area contributed by atoms with Crippen LogP contribution in [0.1, 0.15) is 5.56 Å². The van der Waals surface area contributed by atoms with Gasteiger partial charge < -0.3 is 5.32 Å². The van der Waals surface area contributed by atoms with Crippen LogP contribution in [0.5, 0.6) is 0 Å². The first-order valence-corrected chi connectivity index (χ1v) is 9.29. The number of non-ortho nitro benzene ring substituents is 1. The third-order valence-corrected chi connectivity index (χ3v) is 4.71. The number of hydrogen-bond donors (Lipinski definition) is 1. The minimum absolute atomic E-state index is 0.0292. The molecule has 0 aliphatic carbocycles. The van der Waals surface area contributed by atoms with E-state index >= 15 is 0 Å². The Bertz CT molecular complexity index is 953. The van der Waals surface area contributed by atoms with E-state index in [0.717, 1.165) is 10.6 Å². The number of nitrogens with zero attached hydrogens (tertiary/aromatic N) is 2. The SMILES string of the molecule is CN(c1cccc(NC(=O)/C=C/c2ccc([N+](=O)[O-])cc2)c1)S(C)(=O)=O. The number of carbonyl (C=O) groups is 1. The van der Waals surface area contributed by atoms with Crippen LogP contribution in [0.4, 0.5) is 17.1 Å². The molecule has 0 unspecified atom stereocenters. The van der Waals surface area contributed by atoms with E-state index in [1.165, 1.54) is 43.5 Å². The molecule has 0 aliphatic rings. The Balaban J connectivity index is 2.07. The monoisotopic (exact) mass is 375 g/mol. The minimum Gasteiger partial charge on any atom is -0.322 e. The van der Waals surface area contributed by atoms with Gasteiger partial charge in [-0.25, -0.2) is 8.42 Å². The molecule has 0 aromatic heterocycles. The Morgan fingerprint density at radius 3 is 2.42 bits per heavy atom. The molecule has 9 heteroatoms. The summed E-state index contributed by atoms with van der Waals surface area (Å²) in [5.74, 6) is -0.414. The lowest BCUT2D eigenvalue weighted by Gasteiger charge is -2.17. The van der Waals surface area contributed by atoms with Gasteiger partial charge in [0.25, 0.3) is 5.69 Å². The summed E-state index contributed by atoms with van der Waals surface area (Å²) in [7, 11) is -1.98. The highest BCUT2D eigenvalue weighted by atomic mass is 32.2. The van der Waals surface area contributed by atoms with Crippen LogP contribution in [0.25, 0.3) is 6.08 Å². The number of amides is 1. The van der Waals surface area contributed by atoms with E-state index in [9.17, 15) is 23.3 Å². The van der Waals surface area contributed by atoms with Crippen LogP contribution in [0.2, 0.25) is 0 Å². The van der Waals surface area contributed by atoms with Gasteiger partial charge in [-0.05, 0) is 42.0 Å². The summed E-state index contributed by atoms with van der Waals surface area (Å²) in [4.78, 5) is 22.1. The number of rotatable bonds is 6. The number of nitro groups is 1. The van der Waals surface area contributed by atoms with Crippen LogP contribution in [-0.2, 0) is 14.8 Å². The minimum atomic E-state index is -3.40. The van der Waals surface area contributed by atoms with Crippen LogP contribution in [0.15, 0.2) is 54.6 Å². The molecule has 0 atom stereocenters. The van der Waals surface area contributed by atoms with Crippen molar-refractivity contribution in [1.82, 2.24) is 0 Å². The first-order chi connectivity index (χ1) is 12.2. The Labute approximate surface area is 151 Å². The van der Waals surface area contributed by atoms with Gasteiger partial charge in [0.05, 0.1) is 16.9 Å². The van der Waals surface area contributed by atoms with Crippen molar-refractivity contribution >= 4 is 39.1 Å². The summed E-state index contributed by atoms with van der Waals surface area (Å²) in [6.07, 6.45) is 3.89. The van der Waals surface area contributed by atoms with Gasteiger partial charge in [-0.1, -0.05) is 6.07 Å². The summed E-state index contributed by atoms with van der Waals surface area (Å²) in [6.45, 7) is 0. The van der Waals surface area contributed by atoms with Crippen LogP contribution < -0.4 is 9.62 Å². The topological polar surface area (TPSA) is 110 Å². The lowest BCUT2D eigenvalue weighted by Crippen LogP contribution is -2.24. The second-order valence-corrected chi connectivity index (χ2v) is 7.47. The highest BCUT2D eigenvalue weighted by Gasteiger charge is 2.12. The zero-order chi connectivity index (χ0) is 19.3. The molecule has 0 spiro atoms. The average molecular weight is 375 g/mol. The number of anilines is 2. The van der Waals surface area contributed by atoms with E-state index in [0.29, 0.717) is 16.9 Å². The predicted molar refractivity (Wildman–Crippen MR) is 100 cm³/mol. The fraction of sp³-hybridized carbons (Fsp3) is 0.118. The van der Waals surface area contributed by atoms with Gasteiger partial charge >= 0.3 is 0 Å². The molecule has 0 aliphatic heterocycles. The lowest BCUT2D eigenvalue weighted by molar-refractivity contribution is -0.384. The first-order valence-electron chi connectivity index (χ1n) is 7.44. The molecule has 0 heterocycles. The van der Waals surface area contributed by atoms with Crippen molar-refractivity contribution in [2.75, 3.05) is 22.9 Å². The molecule has 0 saturated heterocycles. The zero-order valence-corrected chi connectivity index (χ0v) is 14.9. The number of nitro benzene ring substituents is 1. The molecule has 0 fully saturated rings. The van der Waals surface area contributed by atoms with Crippen LogP contribution in [0, 0.1) is 10.1 Å². The fourth-order valence-electron chi connectivity index (χ4n) is 2.03. The first kappa shape index (κ1) is 19.1. The van der Waals surface area contributed by atoms with Gasteiger partial charge in [0.1, 0.15) is 0 Å². The van der Waals surface area contributed by atoms with Crippen molar-refractivity contribution in [1.29, 1.82) is 0 Å². The van der Waals surface area contributed by atoms with Gasteiger partial charge in [0.2, 0.25) is 15.9 Å². The average Bonchev–Trinajstić information content (AvgIpc) is 2.59. The molecule has 8 nitrogen and oxygen atoms in total. The Morgan fingerprint density at radius 1 is 1.19 bits per heavy atom. The number of carbonyl (C=O) groups excluding carboxylic acids is 1. The van der Waals surface area contributed by atoms with E-state index in [-0.39, 0.29) is 5.69 Å². The van der Waals surface area contributed by atoms with Crippen molar-refractivity contribution in [3.8, 4) is 0 Å². The third-order valence-electron chi connectivity index (χ3n) is 3.51. The molecule has 0 saturated carbocycles. The number of hydrogen-bond acceptors (Lipinski definition) is 5. The molecule has 136 valence electrons. The maximum absolute atomic E-state index is 12.0. The molecular formula is C17H17N3O5S. The lowest BCUT2D eigenvalue weighted by atomic mass is 10.2. The highest BCUT2D eigenvalue weighted by molar-refractivity contribution is 7.92. The molecule has 26 heavy (non-hydrogen) atoms. The molecule has 2 rings (SSSR count). The Kier molecular flexibility index (Phi) is 5.73. The number of nitrogens with one attached hydrogen (secondary N) is 1. The second kappa shape index (κ2) is 7.79. The summed E-state index contributed by atoms with van der Waals surface area (Å²) in [6, 6.07) is 12.2. The normalized spacial score (nSPS) is 11.3. The van der Waals surface area contributed by atoms with E-state index < -0.39 is 20.9 Å². The Hall–Kier alpha value is -3.20.